The Labute approximate surface area is 203 Å². The van der Waals surface area contributed by atoms with E-state index in [1.165, 1.54) is 36.7 Å². The van der Waals surface area contributed by atoms with Crippen molar-refractivity contribution in [1.82, 2.24) is 14.5 Å². The summed E-state index contributed by atoms with van der Waals surface area (Å²) in [6, 6.07) is 18.7. The lowest BCUT2D eigenvalue weighted by Gasteiger charge is -2.09. The van der Waals surface area contributed by atoms with Gasteiger partial charge in [-0.05, 0) is 60.5 Å². The van der Waals surface area contributed by atoms with Crippen molar-refractivity contribution in [2.45, 2.75) is 6.92 Å². The quantitative estimate of drug-likeness (QED) is 0.266. The molecule has 0 fully saturated rings. The van der Waals surface area contributed by atoms with Crippen molar-refractivity contribution in [3.8, 4) is 28.4 Å². The van der Waals surface area contributed by atoms with Crippen LogP contribution >= 0.6 is 0 Å². The second kappa shape index (κ2) is 8.42. The summed E-state index contributed by atoms with van der Waals surface area (Å²) in [5.41, 5.74) is 3.15. The summed E-state index contributed by atoms with van der Waals surface area (Å²) in [7, 11) is 0. The highest BCUT2D eigenvalue weighted by atomic mass is 19.1. The van der Waals surface area contributed by atoms with Crippen molar-refractivity contribution in [1.29, 1.82) is 0 Å². The molecule has 6 aromatic rings. The molecule has 0 saturated carbocycles. The molecule has 0 spiro atoms. The number of nitrogens with zero attached hydrogens (tertiary/aromatic N) is 3. The van der Waals surface area contributed by atoms with Gasteiger partial charge >= 0.3 is 5.63 Å². The molecule has 0 aliphatic rings. The molecule has 0 aliphatic heterocycles. The van der Waals surface area contributed by atoms with Gasteiger partial charge in [-0.3, -0.25) is 0 Å². The van der Waals surface area contributed by atoms with Gasteiger partial charge in [-0.2, -0.15) is 0 Å². The van der Waals surface area contributed by atoms with E-state index in [4.69, 9.17) is 9.15 Å². The fourth-order valence-corrected chi connectivity index (χ4v) is 4.26. The molecule has 3 heterocycles. The van der Waals surface area contributed by atoms with Crippen molar-refractivity contribution in [3.05, 3.63) is 113 Å². The van der Waals surface area contributed by atoms with Gasteiger partial charge in [0.2, 0.25) is 5.88 Å². The number of fused-ring (bicyclic) bond motifs is 2. The molecule has 0 radical (unpaired) electrons. The average Bonchev–Trinajstić information content (AvgIpc) is 3.25. The van der Waals surface area contributed by atoms with E-state index < -0.39 is 11.4 Å². The number of ether oxygens (including phenoxy) is 1. The zero-order valence-corrected chi connectivity index (χ0v) is 18.9. The Morgan fingerprint density at radius 2 is 1.75 bits per heavy atom. The lowest BCUT2D eigenvalue weighted by atomic mass is 10.1. The molecule has 3 aromatic heterocycles. The Morgan fingerprint density at radius 1 is 0.917 bits per heavy atom. The summed E-state index contributed by atoms with van der Waals surface area (Å²) in [4.78, 5) is 20.7. The maximum absolute atomic E-state index is 14.0. The molecule has 6 nitrogen and oxygen atoms in total. The Morgan fingerprint density at radius 3 is 2.56 bits per heavy atom. The molecule has 8 heteroatoms. The first kappa shape index (κ1) is 21.7. The van der Waals surface area contributed by atoms with Gasteiger partial charge in [-0.15, -0.1) is 0 Å². The molecular formula is C28H17F2N3O3. The minimum Gasteiger partial charge on any atom is -0.438 e. The maximum atomic E-state index is 14.0. The molecule has 0 aliphatic carbocycles. The van der Waals surface area contributed by atoms with Crippen LogP contribution in [0, 0.1) is 18.6 Å². The van der Waals surface area contributed by atoms with Gasteiger partial charge in [0.25, 0.3) is 0 Å². The highest BCUT2D eigenvalue weighted by Crippen LogP contribution is 2.38. The smallest absolute Gasteiger partial charge is 0.336 e. The van der Waals surface area contributed by atoms with Crippen molar-refractivity contribution >= 4 is 22.0 Å². The second-order valence-corrected chi connectivity index (χ2v) is 8.29. The molecule has 3 aromatic carbocycles. The monoisotopic (exact) mass is 481 g/mol. The van der Waals surface area contributed by atoms with Crippen LogP contribution in [0.5, 0.6) is 11.6 Å². The Balaban J connectivity index is 1.56. The molecule has 6 rings (SSSR count). The minimum absolute atomic E-state index is 0.240. The lowest BCUT2D eigenvalue weighted by Crippen LogP contribution is -1.98. The Bertz CT molecular complexity index is 1830. The number of rotatable bonds is 4. The zero-order valence-electron chi connectivity index (χ0n) is 18.9. The maximum Gasteiger partial charge on any atom is 0.336 e. The molecule has 176 valence electrons. The van der Waals surface area contributed by atoms with Crippen LogP contribution in [0.2, 0.25) is 0 Å². The summed E-state index contributed by atoms with van der Waals surface area (Å²) in [5, 5.41) is 1.35. The number of hydrogen-bond acceptors (Lipinski definition) is 5. The average molecular weight is 481 g/mol. The van der Waals surface area contributed by atoms with Crippen molar-refractivity contribution in [2.24, 2.45) is 0 Å². The van der Waals surface area contributed by atoms with E-state index in [1.54, 1.807) is 53.2 Å². The van der Waals surface area contributed by atoms with Crippen molar-refractivity contribution < 1.29 is 17.9 Å². The van der Waals surface area contributed by atoms with Crippen molar-refractivity contribution in [2.75, 3.05) is 0 Å². The van der Waals surface area contributed by atoms with E-state index >= 15 is 0 Å². The number of hydrogen-bond donors (Lipinski definition) is 0. The van der Waals surface area contributed by atoms with E-state index in [2.05, 4.69) is 9.97 Å². The van der Waals surface area contributed by atoms with Crippen LogP contribution in [0.4, 0.5) is 8.78 Å². The van der Waals surface area contributed by atoms with Crippen LogP contribution in [0.3, 0.4) is 0 Å². The molecule has 0 atom stereocenters. The van der Waals surface area contributed by atoms with Crippen molar-refractivity contribution in [3.63, 3.8) is 0 Å². The molecule has 0 amide bonds. The third-order valence-electron chi connectivity index (χ3n) is 5.93. The van der Waals surface area contributed by atoms with Gasteiger partial charge in [0.15, 0.2) is 5.65 Å². The van der Waals surface area contributed by atoms with Crippen LogP contribution < -0.4 is 10.4 Å². The van der Waals surface area contributed by atoms with Crippen LogP contribution in [0.25, 0.3) is 38.8 Å². The predicted octanol–water partition coefficient (Wildman–Crippen LogP) is 6.57. The Hall–Kier alpha value is -4.85. The van der Waals surface area contributed by atoms with E-state index in [9.17, 15) is 13.6 Å². The number of aryl methyl sites for hydroxylation is 1. The van der Waals surface area contributed by atoms with Gasteiger partial charge in [-0.25, -0.2) is 23.5 Å². The largest absolute Gasteiger partial charge is 0.438 e. The highest BCUT2D eigenvalue weighted by molar-refractivity contribution is 5.98. The SMILES string of the molecule is Cc1cc(=O)oc2cc(Oc3ncnc4c3c(-c3ccc(F)cc3)cn4-c3cccc(F)c3)ccc12. The van der Waals surface area contributed by atoms with Crippen LogP contribution in [0.1, 0.15) is 5.56 Å². The van der Waals surface area contributed by atoms with Crippen LogP contribution in [-0.2, 0) is 0 Å². The number of halogens is 2. The molecule has 0 N–H and O–H groups in total. The first-order valence-electron chi connectivity index (χ1n) is 11.1. The van der Waals surface area contributed by atoms with Gasteiger partial charge in [-0.1, -0.05) is 18.2 Å². The van der Waals surface area contributed by atoms with Crippen LogP contribution in [0.15, 0.2) is 94.5 Å². The second-order valence-electron chi connectivity index (χ2n) is 8.29. The standard InChI is InChI=1S/C28H17F2N3O3/c1-16-11-25(34)36-24-13-21(9-10-22(16)24)35-28-26-23(17-5-7-18(29)8-6-17)14-33(27(26)31-15-32-28)20-4-2-3-19(30)12-20/h2-15H,1H3. The van der Waals surface area contributed by atoms with Gasteiger partial charge < -0.3 is 13.7 Å². The fraction of sp³-hybridized carbons (Fsp3) is 0.0357. The molecular weight excluding hydrogens is 464 g/mol. The lowest BCUT2D eigenvalue weighted by molar-refractivity contribution is 0.466. The first-order valence-corrected chi connectivity index (χ1v) is 11.1. The normalized spacial score (nSPS) is 11.3. The summed E-state index contributed by atoms with van der Waals surface area (Å²) in [5.74, 6) is -0.118. The summed E-state index contributed by atoms with van der Waals surface area (Å²) >= 11 is 0. The highest BCUT2D eigenvalue weighted by Gasteiger charge is 2.19. The molecule has 0 unspecified atom stereocenters. The van der Waals surface area contributed by atoms with Gasteiger partial charge in [0.05, 0.1) is 5.39 Å². The minimum atomic E-state index is -0.452. The topological polar surface area (TPSA) is 70.2 Å². The van der Waals surface area contributed by atoms with E-state index in [-0.39, 0.29) is 11.7 Å². The molecule has 36 heavy (non-hydrogen) atoms. The van der Waals surface area contributed by atoms with E-state index in [0.717, 1.165) is 10.9 Å². The summed E-state index contributed by atoms with van der Waals surface area (Å²) < 4.78 is 40.9. The molecule has 0 saturated heterocycles. The molecule has 0 bridgehead atoms. The Kier molecular flexibility index (Phi) is 5.07. The summed E-state index contributed by atoms with van der Waals surface area (Å²) in [6.07, 6.45) is 3.14. The zero-order chi connectivity index (χ0) is 24.8. The van der Waals surface area contributed by atoms with Gasteiger partial charge in [0, 0.05) is 35.0 Å². The number of benzene rings is 3. The summed E-state index contributed by atoms with van der Waals surface area (Å²) in [6.45, 7) is 1.83. The van der Waals surface area contributed by atoms with Gasteiger partial charge in [0.1, 0.15) is 29.3 Å². The van der Waals surface area contributed by atoms with Crippen LogP contribution in [-0.4, -0.2) is 14.5 Å². The first-order chi connectivity index (χ1) is 17.5. The van der Waals surface area contributed by atoms with E-state index in [0.29, 0.717) is 39.2 Å². The van der Waals surface area contributed by atoms with E-state index in [1.807, 2.05) is 6.92 Å². The third kappa shape index (κ3) is 3.78. The fourth-order valence-electron chi connectivity index (χ4n) is 4.26. The number of aromatic nitrogens is 3. The third-order valence-corrected chi connectivity index (χ3v) is 5.93. The predicted molar refractivity (Wildman–Crippen MR) is 132 cm³/mol.